The molecule has 180 valence electrons. The van der Waals surface area contributed by atoms with Gasteiger partial charge in [0.15, 0.2) is 6.04 Å². The summed E-state index contributed by atoms with van der Waals surface area (Å²) in [6, 6.07) is -4.82. The van der Waals surface area contributed by atoms with Gasteiger partial charge in [0.05, 0.1) is 12.2 Å². The van der Waals surface area contributed by atoms with Crippen molar-refractivity contribution in [2.75, 3.05) is 24.0 Å². The highest BCUT2D eigenvalue weighted by Gasteiger charge is 2.32. The predicted octanol–water partition coefficient (Wildman–Crippen LogP) is -1.88. The third kappa shape index (κ3) is 11.1. The minimum Gasteiger partial charge on any atom is -0.480 e. The van der Waals surface area contributed by atoms with Crippen LogP contribution in [0.2, 0.25) is 0 Å². The lowest BCUT2D eigenvalue weighted by atomic mass is 10.1. The van der Waals surface area contributed by atoms with Gasteiger partial charge in [0.25, 0.3) is 0 Å². The van der Waals surface area contributed by atoms with E-state index in [0.29, 0.717) is 11.5 Å². The van der Waals surface area contributed by atoms with Crippen molar-refractivity contribution >= 4 is 47.2 Å². The summed E-state index contributed by atoms with van der Waals surface area (Å²) < 4.78 is 0. The average molecular weight is 483 g/mol. The fourth-order valence-corrected chi connectivity index (χ4v) is 3.35. The summed E-state index contributed by atoms with van der Waals surface area (Å²) in [4.78, 5) is 48.9. The Labute approximate surface area is 190 Å². The van der Waals surface area contributed by atoms with Crippen LogP contribution in [0.4, 0.5) is 0 Å². The van der Waals surface area contributed by atoms with Gasteiger partial charge < -0.3 is 37.0 Å². The van der Waals surface area contributed by atoms with E-state index in [1.807, 2.05) is 12.5 Å². The van der Waals surface area contributed by atoms with Crippen molar-refractivity contribution in [3.05, 3.63) is 0 Å². The van der Waals surface area contributed by atoms with Crippen LogP contribution in [0.1, 0.15) is 26.7 Å². The number of aliphatic carboxylic acids is 1. The molecule has 6 unspecified atom stereocenters. The average Bonchev–Trinajstić information content (AvgIpc) is 2.70. The number of carbonyl (C=O) groups excluding carboxylic acids is 3. The van der Waals surface area contributed by atoms with E-state index in [4.69, 9.17) is 10.8 Å². The molecule has 0 aliphatic rings. The number of aliphatic hydroxyl groups excluding tert-OH is 2. The summed E-state index contributed by atoms with van der Waals surface area (Å²) in [5.74, 6) is -2.47. The van der Waals surface area contributed by atoms with Crippen LogP contribution < -0.4 is 21.7 Å². The van der Waals surface area contributed by atoms with E-state index in [1.165, 1.54) is 37.4 Å². The maximum absolute atomic E-state index is 12.8. The van der Waals surface area contributed by atoms with Crippen LogP contribution >= 0.6 is 23.5 Å². The van der Waals surface area contributed by atoms with Crippen molar-refractivity contribution in [2.45, 2.75) is 63.1 Å². The highest BCUT2D eigenvalue weighted by molar-refractivity contribution is 7.98. The number of hydrogen-bond acceptors (Lipinski definition) is 9. The molecule has 0 spiro atoms. The molecule has 0 heterocycles. The zero-order chi connectivity index (χ0) is 24.1. The van der Waals surface area contributed by atoms with Gasteiger partial charge in [0.1, 0.15) is 18.1 Å². The van der Waals surface area contributed by atoms with Gasteiger partial charge in [-0.05, 0) is 50.7 Å². The molecule has 6 atom stereocenters. The fourth-order valence-electron chi connectivity index (χ4n) is 2.41. The van der Waals surface area contributed by atoms with E-state index < -0.39 is 60.1 Å². The van der Waals surface area contributed by atoms with E-state index >= 15 is 0 Å². The number of aliphatic hydroxyl groups is 2. The first-order valence-electron chi connectivity index (χ1n) is 9.69. The molecule has 0 aromatic carbocycles. The molecule has 0 radical (unpaired) electrons. The molecule has 0 rings (SSSR count). The first-order valence-corrected chi connectivity index (χ1v) is 12.5. The van der Waals surface area contributed by atoms with Crippen molar-refractivity contribution < 1.29 is 34.5 Å². The van der Waals surface area contributed by atoms with E-state index in [2.05, 4.69) is 16.0 Å². The second-order valence-electron chi connectivity index (χ2n) is 7.02. The number of hydrogen-bond donors (Lipinski definition) is 7. The minimum absolute atomic E-state index is 0.210. The Balaban J connectivity index is 5.41. The van der Waals surface area contributed by atoms with Crippen LogP contribution in [-0.2, 0) is 19.2 Å². The smallest absolute Gasteiger partial charge is 0.328 e. The largest absolute Gasteiger partial charge is 0.480 e. The SMILES string of the molecule is CSCCC(NC(=O)C(CCSC)NC(=O)C(N)C(C)O)C(=O)NC(C(=O)O)C(C)O. The Kier molecular flexibility index (Phi) is 14.5. The van der Waals surface area contributed by atoms with Crippen LogP contribution in [0.3, 0.4) is 0 Å². The summed E-state index contributed by atoms with van der Waals surface area (Å²) in [6.45, 7) is 2.58. The normalized spacial score (nSPS) is 16.9. The zero-order valence-corrected chi connectivity index (χ0v) is 19.8. The number of carboxylic acid groups (broad SMARTS) is 1. The molecular formula is C18H34N4O7S2. The van der Waals surface area contributed by atoms with Gasteiger partial charge in [-0.1, -0.05) is 0 Å². The molecule has 13 heteroatoms. The lowest BCUT2D eigenvalue weighted by Gasteiger charge is -2.26. The third-order valence-electron chi connectivity index (χ3n) is 4.36. The van der Waals surface area contributed by atoms with Gasteiger partial charge in [-0.25, -0.2) is 4.79 Å². The van der Waals surface area contributed by atoms with Gasteiger partial charge in [0, 0.05) is 0 Å². The lowest BCUT2D eigenvalue weighted by molar-refractivity contribution is -0.145. The Morgan fingerprint density at radius 1 is 0.806 bits per heavy atom. The Hall–Kier alpha value is -1.54. The van der Waals surface area contributed by atoms with Gasteiger partial charge in [-0.2, -0.15) is 23.5 Å². The van der Waals surface area contributed by atoms with E-state index in [9.17, 15) is 29.4 Å². The number of thioether (sulfide) groups is 2. The number of rotatable bonds is 15. The van der Waals surface area contributed by atoms with Crippen LogP contribution in [-0.4, -0.2) is 99.4 Å². The van der Waals surface area contributed by atoms with Crippen molar-refractivity contribution in [3.63, 3.8) is 0 Å². The maximum Gasteiger partial charge on any atom is 0.328 e. The number of amides is 3. The zero-order valence-electron chi connectivity index (χ0n) is 18.2. The molecule has 0 aliphatic heterocycles. The predicted molar refractivity (Wildman–Crippen MR) is 121 cm³/mol. The Morgan fingerprint density at radius 3 is 1.58 bits per heavy atom. The summed E-state index contributed by atoms with van der Waals surface area (Å²) in [5, 5.41) is 35.5. The molecule has 0 aliphatic carbocycles. The summed E-state index contributed by atoms with van der Waals surface area (Å²) in [6.07, 6.45) is 1.65. The Bertz CT molecular complexity index is 607. The van der Waals surface area contributed by atoms with Gasteiger partial charge in [-0.3, -0.25) is 14.4 Å². The van der Waals surface area contributed by atoms with Gasteiger partial charge >= 0.3 is 5.97 Å². The molecular weight excluding hydrogens is 448 g/mol. The van der Waals surface area contributed by atoms with E-state index in [1.54, 1.807) is 0 Å². The molecule has 0 bridgehead atoms. The van der Waals surface area contributed by atoms with Crippen molar-refractivity contribution in [3.8, 4) is 0 Å². The number of carboxylic acids is 1. The molecule has 8 N–H and O–H groups in total. The molecule has 0 aromatic heterocycles. The van der Waals surface area contributed by atoms with E-state index in [0.717, 1.165) is 0 Å². The molecule has 0 saturated carbocycles. The van der Waals surface area contributed by atoms with Gasteiger partial charge in [-0.15, -0.1) is 0 Å². The molecule has 31 heavy (non-hydrogen) atoms. The van der Waals surface area contributed by atoms with Crippen molar-refractivity contribution in [1.29, 1.82) is 0 Å². The standard InChI is InChI=1S/C18H34N4O7S2/c1-9(23)13(19)17(27)21-11(5-7-30-3)15(25)20-12(6-8-31-4)16(26)22-14(10(2)24)18(28)29/h9-14,23-24H,5-8,19H2,1-4H3,(H,20,25)(H,21,27)(H,22,26)(H,28,29). The second-order valence-corrected chi connectivity index (χ2v) is 8.99. The highest BCUT2D eigenvalue weighted by atomic mass is 32.2. The molecule has 11 nitrogen and oxygen atoms in total. The number of nitrogens with one attached hydrogen (secondary N) is 3. The van der Waals surface area contributed by atoms with Crippen LogP contribution in [0.15, 0.2) is 0 Å². The first-order chi connectivity index (χ1) is 14.5. The van der Waals surface area contributed by atoms with Gasteiger partial charge in [0.2, 0.25) is 17.7 Å². The summed E-state index contributed by atoms with van der Waals surface area (Å²) >= 11 is 2.89. The molecule has 3 amide bonds. The Morgan fingerprint density at radius 2 is 1.23 bits per heavy atom. The maximum atomic E-state index is 12.8. The monoisotopic (exact) mass is 482 g/mol. The molecule has 0 aromatic rings. The third-order valence-corrected chi connectivity index (χ3v) is 5.64. The van der Waals surface area contributed by atoms with Crippen molar-refractivity contribution in [1.82, 2.24) is 16.0 Å². The molecule has 0 saturated heterocycles. The van der Waals surface area contributed by atoms with Crippen molar-refractivity contribution in [2.24, 2.45) is 5.73 Å². The molecule has 0 fully saturated rings. The number of nitrogens with two attached hydrogens (primary N) is 1. The topological polar surface area (TPSA) is 191 Å². The van der Waals surface area contributed by atoms with Crippen LogP contribution in [0, 0.1) is 0 Å². The first kappa shape index (κ1) is 29.5. The minimum atomic E-state index is -1.53. The fraction of sp³-hybridized carbons (Fsp3) is 0.778. The highest BCUT2D eigenvalue weighted by Crippen LogP contribution is 2.06. The van der Waals surface area contributed by atoms with E-state index in [-0.39, 0.29) is 12.8 Å². The van der Waals surface area contributed by atoms with Crippen LogP contribution in [0.5, 0.6) is 0 Å². The quantitative estimate of drug-likeness (QED) is 0.139. The lowest BCUT2D eigenvalue weighted by Crippen LogP contribution is -2.59. The summed E-state index contributed by atoms with van der Waals surface area (Å²) in [5.41, 5.74) is 5.62. The van der Waals surface area contributed by atoms with Crippen LogP contribution in [0.25, 0.3) is 0 Å². The second kappa shape index (κ2) is 15.3. The number of carbonyl (C=O) groups is 4. The summed E-state index contributed by atoms with van der Waals surface area (Å²) in [7, 11) is 0.